The molecular weight excluding hydrogens is 286 g/mol. The van der Waals surface area contributed by atoms with Crippen molar-refractivity contribution >= 4 is 10.0 Å². The third-order valence-corrected chi connectivity index (χ3v) is 6.01. The molecule has 2 heterocycles. The minimum absolute atomic E-state index is 0.383. The molecule has 1 saturated heterocycles. The van der Waals surface area contributed by atoms with E-state index < -0.39 is 10.0 Å². The van der Waals surface area contributed by atoms with Crippen LogP contribution in [0.4, 0.5) is 0 Å². The van der Waals surface area contributed by atoms with Crippen LogP contribution in [0.1, 0.15) is 44.0 Å². The van der Waals surface area contributed by atoms with Gasteiger partial charge in [-0.2, -0.15) is 9.40 Å². The number of nitrogens with zero attached hydrogens (tertiary/aromatic N) is 3. The molecule has 0 saturated carbocycles. The lowest BCUT2D eigenvalue weighted by molar-refractivity contribution is 0.346. The van der Waals surface area contributed by atoms with Crippen LogP contribution >= 0.6 is 0 Å². The maximum Gasteiger partial charge on any atom is 0.246 e. The summed E-state index contributed by atoms with van der Waals surface area (Å²) in [7, 11) is -3.42. The molecule has 0 aliphatic carbocycles. The van der Waals surface area contributed by atoms with Crippen molar-refractivity contribution in [3.05, 3.63) is 11.4 Å². The second-order valence-corrected chi connectivity index (χ2v) is 7.24. The Hall–Kier alpha value is -1.32. The predicted molar refractivity (Wildman–Crippen MR) is 82.4 cm³/mol. The first kappa shape index (κ1) is 16.1. The first-order valence-corrected chi connectivity index (χ1v) is 8.86. The molecule has 6 heteroatoms. The highest BCUT2D eigenvalue weighted by atomic mass is 32.2. The summed E-state index contributed by atoms with van der Waals surface area (Å²) in [6, 6.07) is 0. The molecule has 0 unspecified atom stereocenters. The summed E-state index contributed by atoms with van der Waals surface area (Å²) < 4.78 is 29.0. The molecule has 2 rings (SSSR count). The molecule has 1 aliphatic heterocycles. The van der Waals surface area contributed by atoms with Gasteiger partial charge in [-0.25, -0.2) is 8.42 Å². The molecule has 1 fully saturated rings. The van der Waals surface area contributed by atoms with E-state index in [2.05, 4.69) is 16.9 Å². The second kappa shape index (κ2) is 6.63. The van der Waals surface area contributed by atoms with Gasteiger partial charge in [-0.3, -0.25) is 4.68 Å². The Balaban J connectivity index is 2.31. The third kappa shape index (κ3) is 3.30. The fraction of sp³-hybridized carbons (Fsp3) is 0.667. The lowest BCUT2D eigenvalue weighted by atomic mass is 10.2. The molecule has 5 nitrogen and oxygen atoms in total. The lowest BCUT2D eigenvalue weighted by Gasteiger charge is -2.25. The minimum atomic E-state index is -3.42. The van der Waals surface area contributed by atoms with E-state index in [0.717, 1.165) is 25.0 Å². The van der Waals surface area contributed by atoms with E-state index in [1.54, 1.807) is 22.8 Å². The van der Waals surface area contributed by atoms with Crippen molar-refractivity contribution in [2.45, 2.75) is 57.9 Å². The van der Waals surface area contributed by atoms with Gasteiger partial charge in [0, 0.05) is 19.5 Å². The van der Waals surface area contributed by atoms with Crippen LogP contribution < -0.4 is 0 Å². The Kier molecular flexibility index (Phi) is 5.07. The molecule has 21 heavy (non-hydrogen) atoms. The minimum Gasteiger partial charge on any atom is -0.267 e. The van der Waals surface area contributed by atoms with Gasteiger partial charge >= 0.3 is 0 Å². The number of aryl methyl sites for hydroxylation is 2. The van der Waals surface area contributed by atoms with E-state index in [9.17, 15) is 8.42 Å². The van der Waals surface area contributed by atoms with E-state index >= 15 is 0 Å². The largest absolute Gasteiger partial charge is 0.267 e. The molecule has 116 valence electrons. The van der Waals surface area contributed by atoms with Crippen LogP contribution in [0.2, 0.25) is 0 Å². The van der Waals surface area contributed by atoms with Crippen LogP contribution in [0.15, 0.2) is 4.90 Å². The summed E-state index contributed by atoms with van der Waals surface area (Å²) >= 11 is 0. The Morgan fingerprint density at radius 3 is 2.48 bits per heavy atom. The Morgan fingerprint density at radius 2 is 1.86 bits per heavy atom. The van der Waals surface area contributed by atoms with Crippen molar-refractivity contribution in [3.63, 3.8) is 0 Å². The number of rotatable bonds is 4. The maximum absolute atomic E-state index is 12.8. The summed E-state index contributed by atoms with van der Waals surface area (Å²) in [6.07, 6.45) is 3.68. The predicted octanol–water partition coefficient (Wildman–Crippen LogP) is 2.09. The molecule has 0 spiro atoms. The average Bonchev–Trinajstić information content (AvgIpc) is 2.75. The van der Waals surface area contributed by atoms with E-state index in [4.69, 9.17) is 0 Å². The number of hydrogen-bond acceptors (Lipinski definition) is 3. The van der Waals surface area contributed by atoms with Crippen LogP contribution in [-0.4, -0.2) is 35.6 Å². The Bertz CT molecular complexity index is 659. The smallest absolute Gasteiger partial charge is 0.246 e. The highest BCUT2D eigenvalue weighted by Crippen LogP contribution is 2.26. The molecular formula is C15H23N3O2S. The van der Waals surface area contributed by atoms with Crippen molar-refractivity contribution in [1.82, 2.24) is 14.1 Å². The fourth-order valence-electron chi connectivity index (χ4n) is 2.79. The molecule has 0 amide bonds. The molecule has 1 aliphatic rings. The van der Waals surface area contributed by atoms with Gasteiger partial charge in [-0.05, 0) is 33.6 Å². The number of sulfonamides is 1. The van der Waals surface area contributed by atoms with Crippen LogP contribution in [-0.2, 0) is 16.6 Å². The molecule has 1 aromatic rings. The zero-order chi connectivity index (χ0) is 15.5. The zero-order valence-corrected chi connectivity index (χ0v) is 13.8. The van der Waals surface area contributed by atoms with Gasteiger partial charge in [-0.15, -0.1) is 11.8 Å². The van der Waals surface area contributed by atoms with E-state index in [-0.39, 0.29) is 0 Å². The second-order valence-electron chi connectivity index (χ2n) is 5.36. The highest BCUT2D eigenvalue weighted by molar-refractivity contribution is 7.89. The number of aromatic nitrogens is 2. The van der Waals surface area contributed by atoms with Crippen LogP contribution in [0.5, 0.6) is 0 Å². The molecule has 1 aromatic heterocycles. The van der Waals surface area contributed by atoms with E-state index in [1.807, 2.05) is 6.92 Å². The topological polar surface area (TPSA) is 55.2 Å². The first-order chi connectivity index (χ1) is 9.98. The summed E-state index contributed by atoms with van der Waals surface area (Å²) in [5, 5.41) is 4.39. The normalized spacial score (nSPS) is 16.5. The summed E-state index contributed by atoms with van der Waals surface area (Å²) in [5.74, 6) is 5.83. The Morgan fingerprint density at radius 1 is 1.19 bits per heavy atom. The fourth-order valence-corrected chi connectivity index (χ4v) is 4.68. The van der Waals surface area contributed by atoms with Crippen molar-refractivity contribution in [3.8, 4) is 11.8 Å². The standard InChI is InChI=1S/C15H23N3O2S/c1-4-5-7-12-18-14(3)15(13(2)16-18)21(19,20)17-10-8-6-9-11-17/h6-12H2,1-3H3. The van der Waals surface area contributed by atoms with Crippen molar-refractivity contribution in [1.29, 1.82) is 0 Å². The van der Waals surface area contributed by atoms with Gasteiger partial charge in [0.15, 0.2) is 0 Å². The summed E-state index contributed by atoms with van der Waals surface area (Å²) in [4.78, 5) is 0.383. The average molecular weight is 309 g/mol. The van der Waals surface area contributed by atoms with Crippen LogP contribution in [0.3, 0.4) is 0 Å². The first-order valence-electron chi connectivity index (χ1n) is 7.42. The third-order valence-electron chi connectivity index (χ3n) is 3.85. The van der Waals surface area contributed by atoms with E-state index in [1.165, 1.54) is 0 Å². The number of piperidine rings is 1. The highest BCUT2D eigenvalue weighted by Gasteiger charge is 2.31. The molecule has 0 aromatic carbocycles. The summed E-state index contributed by atoms with van der Waals surface area (Å²) in [5.41, 5.74) is 1.30. The quantitative estimate of drug-likeness (QED) is 0.800. The summed E-state index contributed by atoms with van der Waals surface area (Å²) in [6.45, 7) is 7.26. The number of hydrogen-bond donors (Lipinski definition) is 0. The lowest BCUT2D eigenvalue weighted by Crippen LogP contribution is -2.36. The molecule has 0 N–H and O–H groups in total. The van der Waals surface area contributed by atoms with Gasteiger partial charge in [0.1, 0.15) is 4.90 Å². The SMILES string of the molecule is CC#CCCn1nc(C)c(S(=O)(=O)N2CCCCC2)c1C. The van der Waals surface area contributed by atoms with Crippen molar-refractivity contribution in [2.75, 3.05) is 13.1 Å². The maximum atomic E-state index is 12.8. The molecule has 0 atom stereocenters. The van der Waals surface area contributed by atoms with Crippen LogP contribution in [0.25, 0.3) is 0 Å². The van der Waals surface area contributed by atoms with Gasteiger partial charge in [0.25, 0.3) is 0 Å². The van der Waals surface area contributed by atoms with E-state index in [0.29, 0.717) is 36.6 Å². The van der Waals surface area contributed by atoms with Crippen molar-refractivity contribution < 1.29 is 8.42 Å². The monoisotopic (exact) mass is 309 g/mol. The zero-order valence-electron chi connectivity index (χ0n) is 13.0. The van der Waals surface area contributed by atoms with Crippen molar-refractivity contribution in [2.24, 2.45) is 0 Å². The van der Waals surface area contributed by atoms with Gasteiger partial charge in [-0.1, -0.05) is 6.42 Å². The molecule has 0 radical (unpaired) electrons. The van der Waals surface area contributed by atoms with Crippen LogP contribution in [0, 0.1) is 25.7 Å². The van der Waals surface area contributed by atoms with Gasteiger partial charge < -0.3 is 0 Å². The van der Waals surface area contributed by atoms with Gasteiger partial charge in [0.05, 0.1) is 17.9 Å². The van der Waals surface area contributed by atoms with Gasteiger partial charge in [0.2, 0.25) is 10.0 Å². The Labute approximate surface area is 127 Å². The molecule has 0 bridgehead atoms.